The highest BCUT2D eigenvalue weighted by Crippen LogP contribution is 2.29. The second-order valence-electron chi connectivity index (χ2n) is 4.01. The fourth-order valence-electron chi connectivity index (χ4n) is 1.99. The van der Waals surface area contributed by atoms with Crippen molar-refractivity contribution in [3.63, 3.8) is 0 Å². The highest BCUT2D eigenvalue weighted by molar-refractivity contribution is 9.10. The molecule has 88 valence electrons. The van der Waals surface area contributed by atoms with E-state index in [2.05, 4.69) is 20.9 Å². The molecule has 0 saturated carbocycles. The lowest BCUT2D eigenvalue weighted by molar-refractivity contribution is 0.629. The fraction of sp³-hybridized carbons (Fsp3) is 0. The Kier molecular flexibility index (Phi) is 2.13. The molecule has 0 N–H and O–H groups in total. The van der Waals surface area contributed by atoms with E-state index < -0.39 is 0 Å². The Labute approximate surface area is 115 Å². The Hall–Kier alpha value is -1.59. The standard InChI is InChI=1S/C13H7BrN2OS/c14-9-1-2-11-8(5-9)6-12(17-11)10-7-16-3-4-18-13(16)15-10/h1-7H. The number of rotatable bonds is 1. The third-order valence-corrected chi connectivity index (χ3v) is 4.09. The number of aromatic nitrogens is 2. The number of fused-ring (bicyclic) bond motifs is 2. The van der Waals surface area contributed by atoms with Crippen LogP contribution in [0.3, 0.4) is 0 Å². The molecule has 0 fully saturated rings. The van der Waals surface area contributed by atoms with Gasteiger partial charge in [-0.15, -0.1) is 11.3 Å². The summed E-state index contributed by atoms with van der Waals surface area (Å²) in [5.41, 5.74) is 1.75. The van der Waals surface area contributed by atoms with E-state index in [0.29, 0.717) is 0 Å². The SMILES string of the molecule is Brc1ccc2oc(-c3cn4ccsc4n3)cc2c1. The van der Waals surface area contributed by atoms with Crippen molar-refractivity contribution in [2.45, 2.75) is 0 Å². The van der Waals surface area contributed by atoms with Crippen molar-refractivity contribution in [2.75, 3.05) is 0 Å². The van der Waals surface area contributed by atoms with Gasteiger partial charge in [-0.25, -0.2) is 4.98 Å². The Balaban J connectivity index is 1.93. The van der Waals surface area contributed by atoms with Crippen molar-refractivity contribution in [1.82, 2.24) is 9.38 Å². The average molecular weight is 319 g/mol. The molecule has 0 amide bonds. The molecule has 0 aliphatic rings. The predicted molar refractivity (Wildman–Crippen MR) is 76.0 cm³/mol. The third-order valence-electron chi connectivity index (χ3n) is 2.82. The van der Waals surface area contributed by atoms with Gasteiger partial charge in [-0.2, -0.15) is 0 Å². The molecule has 0 aliphatic heterocycles. The first kappa shape index (κ1) is 10.3. The highest BCUT2D eigenvalue weighted by Gasteiger charge is 2.10. The molecular weight excluding hydrogens is 312 g/mol. The van der Waals surface area contributed by atoms with Crippen LogP contribution in [-0.4, -0.2) is 9.38 Å². The number of imidazole rings is 1. The first-order chi connectivity index (χ1) is 8.79. The summed E-state index contributed by atoms with van der Waals surface area (Å²) >= 11 is 5.07. The van der Waals surface area contributed by atoms with Gasteiger partial charge in [0.1, 0.15) is 11.3 Å². The maximum atomic E-state index is 5.82. The zero-order chi connectivity index (χ0) is 12.1. The van der Waals surface area contributed by atoms with Gasteiger partial charge in [0.2, 0.25) is 0 Å². The van der Waals surface area contributed by atoms with E-state index in [9.17, 15) is 0 Å². The number of furan rings is 1. The van der Waals surface area contributed by atoms with Crippen LogP contribution in [-0.2, 0) is 0 Å². The Bertz CT molecular complexity index is 830. The summed E-state index contributed by atoms with van der Waals surface area (Å²) in [6.45, 7) is 0. The van der Waals surface area contributed by atoms with Crippen LogP contribution < -0.4 is 0 Å². The molecule has 1 aromatic carbocycles. The first-order valence-electron chi connectivity index (χ1n) is 5.41. The molecule has 3 heterocycles. The lowest BCUT2D eigenvalue weighted by Gasteiger charge is -1.88. The zero-order valence-corrected chi connectivity index (χ0v) is 11.5. The van der Waals surface area contributed by atoms with Crippen molar-refractivity contribution in [2.24, 2.45) is 0 Å². The minimum absolute atomic E-state index is 0.805. The van der Waals surface area contributed by atoms with Crippen LogP contribution in [0.25, 0.3) is 27.4 Å². The molecule has 0 spiro atoms. The lowest BCUT2D eigenvalue weighted by Crippen LogP contribution is -1.70. The molecule has 4 rings (SSSR count). The molecule has 0 unspecified atom stereocenters. The number of nitrogens with zero attached hydrogens (tertiary/aromatic N) is 2. The Morgan fingerprint density at radius 3 is 3.11 bits per heavy atom. The number of hydrogen-bond donors (Lipinski definition) is 0. The van der Waals surface area contributed by atoms with E-state index >= 15 is 0 Å². The van der Waals surface area contributed by atoms with Crippen molar-refractivity contribution in [3.05, 3.63) is 46.5 Å². The summed E-state index contributed by atoms with van der Waals surface area (Å²) in [6.07, 6.45) is 3.98. The summed E-state index contributed by atoms with van der Waals surface area (Å²) in [5.74, 6) is 0.805. The van der Waals surface area contributed by atoms with Crippen molar-refractivity contribution in [3.8, 4) is 11.5 Å². The number of thiazole rings is 1. The van der Waals surface area contributed by atoms with Gasteiger partial charge in [-0.1, -0.05) is 15.9 Å². The fourth-order valence-corrected chi connectivity index (χ4v) is 3.07. The maximum absolute atomic E-state index is 5.82. The Morgan fingerprint density at radius 1 is 1.28 bits per heavy atom. The van der Waals surface area contributed by atoms with Crippen LogP contribution in [0.1, 0.15) is 0 Å². The van der Waals surface area contributed by atoms with E-state index in [0.717, 1.165) is 31.9 Å². The predicted octanol–water partition coefficient (Wildman–Crippen LogP) is 4.57. The topological polar surface area (TPSA) is 30.4 Å². The van der Waals surface area contributed by atoms with Gasteiger partial charge < -0.3 is 4.42 Å². The molecule has 0 radical (unpaired) electrons. The molecule has 0 aliphatic carbocycles. The van der Waals surface area contributed by atoms with Gasteiger partial charge in [-0.05, 0) is 24.3 Å². The molecule has 0 bridgehead atoms. The first-order valence-corrected chi connectivity index (χ1v) is 7.08. The molecule has 3 nitrogen and oxygen atoms in total. The maximum Gasteiger partial charge on any atom is 0.194 e. The lowest BCUT2D eigenvalue weighted by atomic mass is 10.2. The van der Waals surface area contributed by atoms with E-state index in [-0.39, 0.29) is 0 Å². The van der Waals surface area contributed by atoms with Gasteiger partial charge in [-0.3, -0.25) is 4.40 Å². The van der Waals surface area contributed by atoms with Crippen molar-refractivity contribution in [1.29, 1.82) is 0 Å². The molecule has 0 atom stereocenters. The smallest absolute Gasteiger partial charge is 0.194 e. The molecule has 18 heavy (non-hydrogen) atoms. The molecule has 4 aromatic rings. The molecule has 3 aromatic heterocycles. The third kappa shape index (κ3) is 1.51. The van der Waals surface area contributed by atoms with Crippen LogP contribution in [0, 0.1) is 0 Å². The number of benzene rings is 1. The second-order valence-corrected chi connectivity index (χ2v) is 5.80. The van der Waals surface area contributed by atoms with E-state index in [1.54, 1.807) is 11.3 Å². The van der Waals surface area contributed by atoms with Gasteiger partial charge in [0.15, 0.2) is 10.7 Å². The van der Waals surface area contributed by atoms with Crippen molar-refractivity contribution >= 4 is 43.2 Å². The summed E-state index contributed by atoms with van der Waals surface area (Å²) in [6, 6.07) is 8.00. The Morgan fingerprint density at radius 2 is 2.22 bits per heavy atom. The van der Waals surface area contributed by atoms with Gasteiger partial charge in [0.05, 0.1) is 0 Å². The normalized spacial score (nSPS) is 11.6. The number of hydrogen-bond acceptors (Lipinski definition) is 3. The van der Waals surface area contributed by atoms with Crippen LogP contribution in [0.15, 0.2) is 50.9 Å². The van der Waals surface area contributed by atoms with Gasteiger partial charge in [0.25, 0.3) is 0 Å². The monoisotopic (exact) mass is 318 g/mol. The minimum Gasteiger partial charge on any atom is -0.454 e. The molecular formula is C13H7BrN2OS. The summed E-state index contributed by atoms with van der Waals surface area (Å²) in [7, 11) is 0. The quantitative estimate of drug-likeness (QED) is 0.514. The number of halogens is 1. The van der Waals surface area contributed by atoms with Crippen LogP contribution >= 0.6 is 27.3 Å². The van der Waals surface area contributed by atoms with Gasteiger partial charge in [0, 0.05) is 27.6 Å². The van der Waals surface area contributed by atoms with Crippen LogP contribution in [0.2, 0.25) is 0 Å². The minimum atomic E-state index is 0.805. The molecule has 5 heteroatoms. The zero-order valence-electron chi connectivity index (χ0n) is 9.13. The van der Waals surface area contributed by atoms with Crippen LogP contribution in [0.4, 0.5) is 0 Å². The summed E-state index contributed by atoms with van der Waals surface area (Å²) in [4.78, 5) is 5.52. The second kappa shape index (κ2) is 3.70. The summed E-state index contributed by atoms with van der Waals surface area (Å²) < 4.78 is 8.87. The van der Waals surface area contributed by atoms with E-state index in [1.807, 2.05) is 46.4 Å². The molecule has 0 saturated heterocycles. The van der Waals surface area contributed by atoms with E-state index in [4.69, 9.17) is 4.42 Å². The highest BCUT2D eigenvalue weighted by atomic mass is 79.9. The largest absolute Gasteiger partial charge is 0.454 e. The van der Waals surface area contributed by atoms with Crippen molar-refractivity contribution < 1.29 is 4.42 Å². The van der Waals surface area contributed by atoms with Gasteiger partial charge >= 0.3 is 0 Å². The van der Waals surface area contributed by atoms with E-state index in [1.165, 1.54) is 0 Å². The average Bonchev–Trinajstić information content (AvgIpc) is 2.99. The summed E-state index contributed by atoms with van der Waals surface area (Å²) in [5, 5.41) is 3.10. The van der Waals surface area contributed by atoms with Crippen LogP contribution in [0.5, 0.6) is 0 Å².